The van der Waals surface area contributed by atoms with Gasteiger partial charge < -0.3 is 10.1 Å². The quantitative estimate of drug-likeness (QED) is 0.656. The lowest BCUT2D eigenvalue weighted by molar-refractivity contribution is -0.117. The molecule has 0 heterocycles. The Kier molecular flexibility index (Phi) is 6.16. The van der Waals surface area contributed by atoms with E-state index in [2.05, 4.69) is 5.32 Å². The second-order valence-electron chi connectivity index (χ2n) is 5.39. The molecule has 0 unspecified atom stereocenters. The van der Waals surface area contributed by atoms with E-state index in [4.69, 9.17) is 4.74 Å². The van der Waals surface area contributed by atoms with E-state index < -0.39 is 0 Å². The maximum absolute atomic E-state index is 12.2. The summed E-state index contributed by atoms with van der Waals surface area (Å²) in [5.41, 5.74) is 2.98. The lowest BCUT2D eigenvalue weighted by Gasteiger charge is -2.06. The van der Waals surface area contributed by atoms with Crippen LogP contribution in [0.3, 0.4) is 0 Å². The van der Waals surface area contributed by atoms with Crippen molar-refractivity contribution < 1.29 is 9.53 Å². The number of carbonyl (C=O) groups is 1. The molecule has 0 spiro atoms. The predicted molar refractivity (Wildman–Crippen MR) is 94.5 cm³/mol. The summed E-state index contributed by atoms with van der Waals surface area (Å²) in [6.07, 6.45) is 2.32. The van der Waals surface area contributed by atoms with Crippen LogP contribution in [0.5, 0.6) is 5.75 Å². The van der Waals surface area contributed by atoms with E-state index in [1.807, 2.05) is 61.5 Å². The zero-order valence-corrected chi connectivity index (χ0v) is 13.9. The highest BCUT2D eigenvalue weighted by Crippen LogP contribution is 2.20. The molecule has 4 nitrogen and oxygen atoms in total. The monoisotopic (exact) mass is 320 g/mol. The van der Waals surface area contributed by atoms with Crippen molar-refractivity contribution in [3.8, 4) is 11.8 Å². The number of hydrogen-bond acceptors (Lipinski definition) is 3. The van der Waals surface area contributed by atoms with Crippen LogP contribution in [-0.4, -0.2) is 19.6 Å². The molecule has 0 aliphatic rings. The number of ether oxygens (including phenoxy) is 1. The van der Waals surface area contributed by atoms with Crippen LogP contribution in [0.1, 0.15) is 16.7 Å². The summed E-state index contributed by atoms with van der Waals surface area (Å²) in [5.74, 6) is 0.417. The van der Waals surface area contributed by atoms with E-state index in [1.165, 1.54) is 0 Å². The highest BCUT2D eigenvalue weighted by atomic mass is 16.5. The van der Waals surface area contributed by atoms with E-state index in [0.29, 0.717) is 6.54 Å². The van der Waals surface area contributed by atoms with Crippen molar-refractivity contribution in [2.45, 2.75) is 13.3 Å². The Hall–Kier alpha value is -3.06. The van der Waals surface area contributed by atoms with Crippen molar-refractivity contribution in [2.75, 3.05) is 13.7 Å². The van der Waals surface area contributed by atoms with Crippen molar-refractivity contribution >= 4 is 12.0 Å². The Morgan fingerprint density at radius 1 is 1.25 bits per heavy atom. The molecular formula is C20H20N2O2. The summed E-state index contributed by atoms with van der Waals surface area (Å²) >= 11 is 0. The SMILES string of the molecule is COc1ccc(/C=C(\C#N)C(=O)NCCc2ccccc2)cc1C. The molecule has 1 N–H and O–H groups in total. The number of benzene rings is 2. The third-order valence-electron chi connectivity index (χ3n) is 3.64. The van der Waals surface area contributed by atoms with Crippen LogP contribution in [0.4, 0.5) is 0 Å². The van der Waals surface area contributed by atoms with Gasteiger partial charge in [-0.05, 0) is 48.2 Å². The summed E-state index contributed by atoms with van der Waals surface area (Å²) < 4.78 is 5.21. The maximum Gasteiger partial charge on any atom is 0.261 e. The summed E-state index contributed by atoms with van der Waals surface area (Å²) in [5, 5.41) is 12.0. The van der Waals surface area contributed by atoms with Gasteiger partial charge in [0.05, 0.1) is 7.11 Å². The standard InChI is InChI=1S/C20H20N2O2/c1-15-12-17(8-9-19(15)24-2)13-18(14-21)20(23)22-11-10-16-6-4-3-5-7-16/h3-9,12-13H,10-11H2,1-2H3,(H,22,23)/b18-13+. The maximum atomic E-state index is 12.2. The lowest BCUT2D eigenvalue weighted by Crippen LogP contribution is -2.26. The fraction of sp³-hybridized carbons (Fsp3) is 0.200. The van der Waals surface area contributed by atoms with Crippen LogP contribution in [0.15, 0.2) is 54.1 Å². The molecule has 2 aromatic rings. The highest BCUT2D eigenvalue weighted by Gasteiger charge is 2.09. The molecule has 0 bridgehead atoms. The van der Waals surface area contributed by atoms with Crippen molar-refractivity contribution in [1.82, 2.24) is 5.32 Å². The van der Waals surface area contributed by atoms with Crippen LogP contribution in [0.2, 0.25) is 0 Å². The van der Waals surface area contributed by atoms with E-state index >= 15 is 0 Å². The van der Waals surface area contributed by atoms with Gasteiger partial charge in [0.25, 0.3) is 5.91 Å². The number of aryl methyl sites for hydroxylation is 1. The van der Waals surface area contributed by atoms with Gasteiger partial charge in [-0.3, -0.25) is 4.79 Å². The second kappa shape index (κ2) is 8.54. The molecule has 24 heavy (non-hydrogen) atoms. The van der Waals surface area contributed by atoms with Crippen molar-refractivity contribution in [2.24, 2.45) is 0 Å². The molecule has 2 rings (SSSR count). The minimum atomic E-state index is -0.359. The molecule has 0 aliphatic heterocycles. The molecule has 0 atom stereocenters. The lowest BCUT2D eigenvalue weighted by atomic mass is 10.1. The van der Waals surface area contributed by atoms with Crippen molar-refractivity contribution in [1.29, 1.82) is 5.26 Å². The Balaban J connectivity index is 2.00. The minimum Gasteiger partial charge on any atom is -0.496 e. The third-order valence-corrected chi connectivity index (χ3v) is 3.64. The number of nitrogens with zero attached hydrogens (tertiary/aromatic N) is 1. The highest BCUT2D eigenvalue weighted by molar-refractivity contribution is 6.01. The zero-order chi connectivity index (χ0) is 17.4. The molecule has 0 saturated carbocycles. The number of methoxy groups -OCH3 is 1. The molecule has 0 radical (unpaired) electrons. The number of nitrogens with one attached hydrogen (secondary N) is 1. The van der Waals surface area contributed by atoms with Crippen molar-refractivity contribution in [3.63, 3.8) is 0 Å². The number of hydrogen-bond donors (Lipinski definition) is 1. The van der Waals surface area contributed by atoms with Crippen molar-refractivity contribution in [3.05, 3.63) is 70.8 Å². The molecule has 122 valence electrons. The average Bonchev–Trinajstić information content (AvgIpc) is 2.60. The first-order valence-corrected chi connectivity index (χ1v) is 7.72. The van der Waals surface area contributed by atoms with Gasteiger partial charge in [0.15, 0.2) is 0 Å². The van der Waals surface area contributed by atoms with E-state index in [0.717, 1.165) is 28.9 Å². The molecule has 0 fully saturated rings. The second-order valence-corrected chi connectivity index (χ2v) is 5.39. The number of amides is 1. The van der Waals surface area contributed by atoms with E-state index in [9.17, 15) is 10.1 Å². The molecular weight excluding hydrogens is 300 g/mol. The van der Waals surface area contributed by atoms with E-state index in [-0.39, 0.29) is 11.5 Å². The van der Waals surface area contributed by atoms with Gasteiger partial charge in [-0.25, -0.2) is 0 Å². The van der Waals surface area contributed by atoms with Gasteiger partial charge >= 0.3 is 0 Å². The smallest absolute Gasteiger partial charge is 0.261 e. The van der Waals surface area contributed by atoms with Gasteiger partial charge in [-0.2, -0.15) is 5.26 Å². The molecule has 1 amide bonds. The summed E-state index contributed by atoms with van der Waals surface area (Å²) in [6.45, 7) is 2.41. The first-order valence-electron chi connectivity index (χ1n) is 7.72. The predicted octanol–water partition coefficient (Wildman–Crippen LogP) is 3.27. The molecule has 2 aromatic carbocycles. The largest absolute Gasteiger partial charge is 0.496 e. The number of nitriles is 1. The molecule has 0 saturated heterocycles. The Bertz CT molecular complexity index is 774. The van der Waals surface area contributed by atoms with Crippen LogP contribution < -0.4 is 10.1 Å². The summed E-state index contributed by atoms with van der Waals surface area (Å²) in [6, 6.07) is 17.4. The average molecular weight is 320 g/mol. The van der Waals surface area contributed by atoms with Gasteiger partial charge in [-0.1, -0.05) is 36.4 Å². The zero-order valence-electron chi connectivity index (χ0n) is 13.9. The topological polar surface area (TPSA) is 62.1 Å². The first-order chi connectivity index (χ1) is 11.6. The Morgan fingerprint density at radius 3 is 2.62 bits per heavy atom. The fourth-order valence-electron chi connectivity index (χ4n) is 2.37. The molecule has 0 aromatic heterocycles. The van der Waals surface area contributed by atoms with Crippen LogP contribution in [0, 0.1) is 18.3 Å². The summed E-state index contributed by atoms with van der Waals surface area (Å²) in [4.78, 5) is 12.2. The van der Waals surface area contributed by atoms with Crippen LogP contribution >= 0.6 is 0 Å². The van der Waals surface area contributed by atoms with Crippen LogP contribution in [-0.2, 0) is 11.2 Å². The van der Waals surface area contributed by atoms with Gasteiger partial charge in [0, 0.05) is 6.54 Å². The third kappa shape index (κ3) is 4.72. The van der Waals surface area contributed by atoms with Crippen LogP contribution in [0.25, 0.3) is 6.08 Å². The summed E-state index contributed by atoms with van der Waals surface area (Å²) in [7, 11) is 1.61. The van der Waals surface area contributed by atoms with Gasteiger partial charge in [0.1, 0.15) is 17.4 Å². The molecule has 0 aliphatic carbocycles. The Morgan fingerprint density at radius 2 is 2.00 bits per heavy atom. The van der Waals surface area contributed by atoms with Gasteiger partial charge in [0.2, 0.25) is 0 Å². The first kappa shape index (κ1) is 17.3. The normalized spacial score (nSPS) is 10.8. The molecule has 4 heteroatoms. The number of rotatable bonds is 6. The van der Waals surface area contributed by atoms with E-state index in [1.54, 1.807) is 13.2 Å². The number of carbonyl (C=O) groups excluding carboxylic acids is 1. The Labute approximate surface area is 142 Å². The van der Waals surface area contributed by atoms with Gasteiger partial charge in [-0.15, -0.1) is 0 Å². The minimum absolute atomic E-state index is 0.0904. The fourth-order valence-corrected chi connectivity index (χ4v) is 2.37.